The minimum absolute atomic E-state index is 0.00351. The van der Waals surface area contributed by atoms with Crippen molar-refractivity contribution in [3.05, 3.63) is 64.7 Å². The van der Waals surface area contributed by atoms with Crippen LogP contribution in [-0.4, -0.2) is 10.9 Å². The summed E-state index contributed by atoms with van der Waals surface area (Å²) in [6, 6.07) is 13.0. The standard InChI is InChI=1S/C16H18N2O2/c1-11-7-13(16(17)18)5-6-14(11)10-20-15-4-2-3-12(8-15)9-19/h2-8,19H,9-10H2,1H3,(H3,17,18). The predicted octanol–water partition coefficient (Wildman–Crippen LogP) is 2.35. The number of ether oxygens (including phenoxy) is 1. The van der Waals surface area contributed by atoms with Gasteiger partial charge in [-0.15, -0.1) is 0 Å². The van der Waals surface area contributed by atoms with Gasteiger partial charge in [-0.05, 0) is 41.8 Å². The third-order valence-electron chi connectivity index (χ3n) is 3.13. The molecule has 0 aliphatic rings. The average molecular weight is 270 g/mol. The molecule has 0 unspecified atom stereocenters. The van der Waals surface area contributed by atoms with Gasteiger partial charge < -0.3 is 15.6 Å². The molecule has 0 aromatic heterocycles. The number of rotatable bonds is 5. The minimum atomic E-state index is 0.00351. The maximum Gasteiger partial charge on any atom is 0.122 e. The van der Waals surface area contributed by atoms with Gasteiger partial charge in [-0.25, -0.2) is 0 Å². The Morgan fingerprint density at radius 2 is 2.05 bits per heavy atom. The van der Waals surface area contributed by atoms with Crippen molar-refractivity contribution in [2.45, 2.75) is 20.1 Å². The fraction of sp³-hybridized carbons (Fsp3) is 0.188. The normalized spacial score (nSPS) is 10.3. The van der Waals surface area contributed by atoms with Gasteiger partial charge in [0.1, 0.15) is 18.2 Å². The summed E-state index contributed by atoms with van der Waals surface area (Å²) < 4.78 is 5.72. The van der Waals surface area contributed by atoms with Crippen molar-refractivity contribution in [2.75, 3.05) is 0 Å². The van der Waals surface area contributed by atoms with Gasteiger partial charge >= 0.3 is 0 Å². The molecule has 0 atom stereocenters. The second kappa shape index (κ2) is 6.21. The molecule has 0 aliphatic heterocycles. The van der Waals surface area contributed by atoms with E-state index in [1.807, 2.05) is 49.4 Å². The van der Waals surface area contributed by atoms with Crippen molar-refractivity contribution in [3.8, 4) is 5.75 Å². The molecule has 0 saturated heterocycles. The highest BCUT2D eigenvalue weighted by Crippen LogP contribution is 2.17. The summed E-state index contributed by atoms with van der Waals surface area (Å²) in [6.07, 6.45) is 0. The molecule has 0 radical (unpaired) electrons. The topological polar surface area (TPSA) is 79.3 Å². The largest absolute Gasteiger partial charge is 0.489 e. The molecule has 20 heavy (non-hydrogen) atoms. The summed E-state index contributed by atoms with van der Waals surface area (Å²) in [5, 5.41) is 16.5. The Hall–Kier alpha value is -2.33. The van der Waals surface area contributed by atoms with Crippen LogP contribution in [0.5, 0.6) is 5.75 Å². The second-order valence-electron chi connectivity index (χ2n) is 4.65. The SMILES string of the molecule is Cc1cc(C(=N)N)ccc1COc1cccc(CO)c1. The summed E-state index contributed by atoms with van der Waals surface area (Å²) in [6.45, 7) is 2.41. The van der Waals surface area contributed by atoms with E-state index in [-0.39, 0.29) is 12.4 Å². The highest BCUT2D eigenvalue weighted by Gasteiger charge is 2.03. The molecule has 2 rings (SSSR count). The average Bonchev–Trinajstić information content (AvgIpc) is 2.46. The van der Waals surface area contributed by atoms with Gasteiger partial charge in [0.25, 0.3) is 0 Å². The first kappa shape index (κ1) is 14.1. The number of hydrogen-bond acceptors (Lipinski definition) is 3. The van der Waals surface area contributed by atoms with Crippen LogP contribution in [0.2, 0.25) is 0 Å². The van der Waals surface area contributed by atoms with Crippen molar-refractivity contribution in [3.63, 3.8) is 0 Å². The molecule has 2 aromatic rings. The number of nitrogen functional groups attached to an aromatic ring is 1. The maximum atomic E-state index is 9.09. The molecule has 4 nitrogen and oxygen atoms in total. The fourth-order valence-corrected chi connectivity index (χ4v) is 1.92. The zero-order valence-electron chi connectivity index (χ0n) is 11.4. The van der Waals surface area contributed by atoms with Gasteiger partial charge in [0.2, 0.25) is 0 Å². The fourth-order valence-electron chi connectivity index (χ4n) is 1.92. The quantitative estimate of drug-likeness (QED) is 0.576. The first-order valence-corrected chi connectivity index (χ1v) is 6.36. The van der Waals surface area contributed by atoms with Crippen LogP contribution in [0.25, 0.3) is 0 Å². The Morgan fingerprint density at radius 3 is 2.70 bits per heavy atom. The van der Waals surface area contributed by atoms with E-state index in [1.54, 1.807) is 0 Å². The number of aryl methyl sites for hydroxylation is 1. The van der Waals surface area contributed by atoms with Crippen molar-refractivity contribution in [1.82, 2.24) is 0 Å². The lowest BCUT2D eigenvalue weighted by atomic mass is 10.1. The maximum absolute atomic E-state index is 9.09. The van der Waals surface area contributed by atoms with E-state index in [1.165, 1.54) is 0 Å². The number of nitrogens with two attached hydrogens (primary N) is 1. The Morgan fingerprint density at radius 1 is 1.25 bits per heavy atom. The van der Waals surface area contributed by atoms with Crippen LogP contribution in [-0.2, 0) is 13.2 Å². The molecular weight excluding hydrogens is 252 g/mol. The van der Waals surface area contributed by atoms with Crippen LogP contribution in [0.1, 0.15) is 22.3 Å². The first-order chi connectivity index (χ1) is 9.60. The predicted molar refractivity (Wildman–Crippen MR) is 78.9 cm³/mol. The summed E-state index contributed by atoms with van der Waals surface area (Å²) >= 11 is 0. The molecule has 0 aliphatic carbocycles. The smallest absolute Gasteiger partial charge is 0.122 e. The zero-order valence-corrected chi connectivity index (χ0v) is 11.4. The summed E-state index contributed by atoms with van der Waals surface area (Å²) in [5.74, 6) is 0.794. The molecule has 4 heteroatoms. The van der Waals surface area contributed by atoms with Gasteiger partial charge in [-0.3, -0.25) is 5.41 Å². The van der Waals surface area contributed by atoms with Crippen molar-refractivity contribution in [2.24, 2.45) is 5.73 Å². The van der Waals surface area contributed by atoms with Crippen LogP contribution < -0.4 is 10.5 Å². The van der Waals surface area contributed by atoms with Crippen LogP contribution in [0.4, 0.5) is 0 Å². The van der Waals surface area contributed by atoms with Gasteiger partial charge in [-0.2, -0.15) is 0 Å². The van der Waals surface area contributed by atoms with Gasteiger partial charge in [0.05, 0.1) is 6.61 Å². The monoisotopic (exact) mass is 270 g/mol. The summed E-state index contributed by atoms with van der Waals surface area (Å²) in [7, 11) is 0. The number of hydrogen-bond donors (Lipinski definition) is 3. The van der Waals surface area contributed by atoms with Crippen LogP contribution in [0, 0.1) is 12.3 Å². The number of aliphatic hydroxyl groups is 1. The Balaban J connectivity index is 2.08. The molecule has 0 fully saturated rings. The highest BCUT2D eigenvalue weighted by atomic mass is 16.5. The third-order valence-corrected chi connectivity index (χ3v) is 3.13. The lowest BCUT2D eigenvalue weighted by Crippen LogP contribution is -2.11. The van der Waals surface area contributed by atoms with Gasteiger partial charge in [-0.1, -0.05) is 24.3 Å². The van der Waals surface area contributed by atoms with Crippen molar-refractivity contribution in [1.29, 1.82) is 5.41 Å². The van der Waals surface area contributed by atoms with E-state index in [2.05, 4.69) is 0 Å². The summed E-state index contributed by atoms with van der Waals surface area (Å²) in [4.78, 5) is 0. The van der Waals surface area contributed by atoms with Crippen LogP contribution >= 0.6 is 0 Å². The van der Waals surface area contributed by atoms with Crippen molar-refractivity contribution >= 4 is 5.84 Å². The van der Waals surface area contributed by atoms with E-state index in [0.717, 1.165) is 22.4 Å². The van der Waals surface area contributed by atoms with E-state index in [9.17, 15) is 0 Å². The molecule has 4 N–H and O–H groups in total. The van der Waals surface area contributed by atoms with Crippen LogP contribution in [0.3, 0.4) is 0 Å². The van der Waals surface area contributed by atoms with E-state index < -0.39 is 0 Å². The van der Waals surface area contributed by atoms with E-state index in [0.29, 0.717) is 12.2 Å². The molecule has 2 aromatic carbocycles. The van der Waals surface area contributed by atoms with Gasteiger partial charge in [0, 0.05) is 5.56 Å². The number of amidine groups is 1. The Kier molecular flexibility index (Phi) is 4.38. The first-order valence-electron chi connectivity index (χ1n) is 6.36. The third kappa shape index (κ3) is 3.36. The molecule has 0 amide bonds. The Bertz CT molecular complexity index is 624. The zero-order chi connectivity index (χ0) is 14.5. The van der Waals surface area contributed by atoms with Gasteiger partial charge in [0.15, 0.2) is 0 Å². The van der Waals surface area contributed by atoms with E-state index in [4.69, 9.17) is 21.0 Å². The molecule has 0 heterocycles. The molecule has 0 bridgehead atoms. The van der Waals surface area contributed by atoms with Crippen LogP contribution in [0.15, 0.2) is 42.5 Å². The molecule has 104 valence electrons. The minimum Gasteiger partial charge on any atom is -0.489 e. The van der Waals surface area contributed by atoms with E-state index >= 15 is 0 Å². The molecule has 0 saturated carbocycles. The Labute approximate surface area is 118 Å². The number of aliphatic hydroxyl groups excluding tert-OH is 1. The van der Waals surface area contributed by atoms with Crippen molar-refractivity contribution < 1.29 is 9.84 Å². The lowest BCUT2D eigenvalue weighted by Gasteiger charge is -2.10. The summed E-state index contributed by atoms with van der Waals surface area (Å²) in [5.41, 5.74) is 9.08. The lowest BCUT2D eigenvalue weighted by molar-refractivity contribution is 0.278. The second-order valence-corrected chi connectivity index (χ2v) is 4.65. The number of nitrogens with one attached hydrogen (secondary N) is 1. The molecular formula is C16H18N2O2. The number of benzene rings is 2. The molecule has 0 spiro atoms. The highest BCUT2D eigenvalue weighted by molar-refractivity contribution is 5.95.